The Bertz CT molecular complexity index is 539. The van der Waals surface area contributed by atoms with Crippen LogP contribution in [0, 0.1) is 29.6 Å². The highest BCUT2D eigenvalue weighted by molar-refractivity contribution is 5.84. The second-order valence-corrected chi connectivity index (χ2v) is 10.9. The number of likely N-dealkylation sites (tertiary alicyclic amines) is 1. The first-order valence-corrected chi connectivity index (χ1v) is 13.1. The van der Waals surface area contributed by atoms with Crippen LogP contribution in [0.15, 0.2) is 0 Å². The van der Waals surface area contributed by atoms with Gasteiger partial charge in [0.1, 0.15) is 12.3 Å². The summed E-state index contributed by atoms with van der Waals surface area (Å²) in [6, 6.07) is 0. The maximum Gasteiger partial charge on any atom is 0.189 e. The number of piperidine rings is 1. The second kappa shape index (κ2) is 10.6. The average molecular weight is 403 g/mol. The molecule has 1 heterocycles. The summed E-state index contributed by atoms with van der Waals surface area (Å²) in [5.74, 6) is 3.79. The molecular weight excluding hydrogens is 358 g/mol. The summed E-state index contributed by atoms with van der Waals surface area (Å²) in [7, 11) is 0. The Morgan fingerprint density at radius 1 is 0.586 bits per heavy atom. The van der Waals surface area contributed by atoms with Gasteiger partial charge >= 0.3 is 0 Å². The summed E-state index contributed by atoms with van der Waals surface area (Å²) in [4.78, 5) is 27.4. The van der Waals surface area contributed by atoms with E-state index in [1.807, 2.05) is 0 Å². The van der Waals surface area contributed by atoms with Gasteiger partial charge in [0, 0.05) is 11.8 Å². The van der Waals surface area contributed by atoms with Gasteiger partial charge in [0.15, 0.2) is 5.78 Å². The van der Waals surface area contributed by atoms with E-state index in [4.69, 9.17) is 0 Å². The number of hydrogen-bond donors (Lipinski definition) is 1. The average Bonchev–Trinajstić information content (AvgIpc) is 2.80. The van der Waals surface area contributed by atoms with Gasteiger partial charge in [-0.25, -0.2) is 0 Å². The van der Waals surface area contributed by atoms with E-state index in [1.165, 1.54) is 69.1 Å². The summed E-state index contributed by atoms with van der Waals surface area (Å²) in [5.41, 5.74) is 0. The van der Waals surface area contributed by atoms with Gasteiger partial charge in [-0.1, -0.05) is 51.4 Å². The third kappa shape index (κ3) is 5.71. The molecule has 3 heteroatoms. The van der Waals surface area contributed by atoms with E-state index in [2.05, 4.69) is 0 Å². The highest BCUT2D eigenvalue weighted by Crippen LogP contribution is 2.40. The zero-order chi connectivity index (χ0) is 20.1. The summed E-state index contributed by atoms with van der Waals surface area (Å²) >= 11 is 0. The van der Waals surface area contributed by atoms with Crippen molar-refractivity contribution in [2.24, 2.45) is 29.6 Å². The summed E-state index contributed by atoms with van der Waals surface area (Å²) in [5, 5.41) is 0. The molecule has 164 valence electrons. The number of ketones is 2. The SMILES string of the molecule is O=C(C[NH+]1CCCC(C(=O)C2CCCCC2)C1)C1CCC(C2CCCCC2)CC1. The van der Waals surface area contributed by atoms with Crippen molar-refractivity contribution < 1.29 is 14.5 Å². The lowest BCUT2D eigenvalue weighted by atomic mass is 9.70. The van der Waals surface area contributed by atoms with Gasteiger partial charge in [-0.15, -0.1) is 0 Å². The van der Waals surface area contributed by atoms with Crippen LogP contribution in [0.4, 0.5) is 0 Å². The summed E-state index contributed by atoms with van der Waals surface area (Å²) in [6.07, 6.45) is 20.3. The minimum atomic E-state index is 0.233. The van der Waals surface area contributed by atoms with Crippen molar-refractivity contribution in [3.05, 3.63) is 0 Å². The number of quaternary nitrogens is 1. The molecular formula is C26H44NO2+. The number of carbonyl (C=O) groups excluding carboxylic acids is 2. The Kier molecular flexibility index (Phi) is 7.83. The molecule has 0 aromatic carbocycles. The smallest absolute Gasteiger partial charge is 0.189 e. The first-order chi connectivity index (χ1) is 14.2. The molecule has 0 aromatic heterocycles. The van der Waals surface area contributed by atoms with Crippen LogP contribution in [0.3, 0.4) is 0 Å². The first kappa shape index (κ1) is 21.5. The lowest BCUT2D eigenvalue weighted by Gasteiger charge is -2.36. The topological polar surface area (TPSA) is 38.6 Å². The van der Waals surface area contributed by atoms with Crippen molar-refractivity contribution >= 4 is 11.6 Å². The molecule has 3 aliphatic carbocycles. The molecule has 0 bridgehead atoms. The standard InChI is InChI=1S/C26H43NO2/c28-25(22-15-13-21(14-16-22)20-8-3-1-4-9-20)19-27-17-7-12-24(18-27)26(29)23-10-5-2-6-11-23/h20-24H,1-19H2/p+1. The van der Waals surface area contributed by atoms with Gasteiger partial charge in [-0.2, -0.15) is 0 Å². The molecule has 1 N–H and O–H groups in total. The second-order valence-electron chi connectivity index (χ2n) is 10.9. The molecule has 3 nitrogen and oxygen atoms in total. The number of carbonyl (C=O) groups is 2. The van der Waals surface area contributed by atoms with Crippen LogP contribution in [-0.4, -0.2) is 31.2 Å². The molecule has 2 atom stereocenters. The van der Waals surface area contributed by atoms with Gasteiger partial charge in [0.25, 0.3) is 0 Å². The van der Waals surface area contributed by atoms with Gasteiger partial charge in [0.2, 0.25) is 0 Å². The highest BCUT2D eigenvalue weighted by atomic mass is 16.1. The van der Waals surface area contributed by atoms with Gasteiger partial charge in [0.05, 0.1) is 19.0 Å². The Hall–Kier alpha value is -0.700. The normalized spacial score (nSPS) is 35.3. The Balaban J connectivity index is 1.21. The van der Waals surface area contributed by atoms with Crippen LogP contribution < -0.4 is 4.90 Å². The predicted octanol–water partition coefficient (Wildman–Crippen LogP) is 4.39. The van der Waals surface area contributed by atoms with Crippen molar-refractivity contribution in [1.29, 1.82) is 0 Å². The maximum atomic E-state index is 13.0. The molecule has 1 aliphatic heterocycles. The molecule has 0 radical (unpaired) electrons. The highest BCUT2D eigenvalue weighted by Gasteiger charge is 2.36. The number of hydrogen-bond acceptors (Lipinski definition) is 2. The van der Waals surface area contributed by atoms with Crippen molar-refractivity contribution in [2.45, 2.75) is 103 Å². The molecule has 4 aliphatic rings. The molecule has 2 unspecified atom stereocenters. The van der Waals surface area contributed by atoms with Crippen molar-refractivity contribution in [3.63, 3.8) is 0 Å². The molecule has 0 amide bonds. The first-order valence-electron chi connectivity index (χ1n) is 13.1. The summed E-state index contributed by atoms with van der Waals surface area (Å²) < 4.78 is 0. The van der Waals surface area contributed by atoms with Gasteiger partial charge in [-0.3, -0.25) is 9.59 Å². The van der Waals surface area contributed by atoms with Crippen molar-refractivity contribution in [1.82, 2.24) is 0 Å². The van der Waals surface area contributed by atoms with E-state index in [-0.39, 0.29) is 5.92 Å². The fourth-order valence-corrected chi connectivity index (χ4v) is 7.18. The zero-order valence-electron chi connectivity index (χ0n) is 18.6. The monoisotopic (exact) mass is 402 g/mol. The van der Waals surface area contributed by atoms with E-state index in [1.54, 1.807) is 0 Å². The van der Waals surface area contributed by atoms with Crippen LogP contribution in [0.1, 0.15) is 103 Å². The summed E-state index contributed by atoms with van der Waals surface area (Å²) in [6.45, 7) is 2.71. The number of rotatable bonds is 6. The third-order valence-electron chi connectivity index (χ3n) is 9.00. The minimum absolute atomic E-state index is 0.233. The van der Waals surface area contributed by atoms with Crippen LogP contribution >= 0.6 is 0 Å². The fraction of sp³-hybridized carbons (Fsp3) is 0.923. The molecule has 0 spiro atoms. The van der Waals surface area contributed by atoms with E-state index in [0.717, 1.165) is 63.5 Å². The Labute approximate surface area is 178 Å². The predicted molar refractivity (Wildman–Crippen MR) is 117 cm³/mol. The molecule has 3 saturated carbocycles. The van der Waals surface area contributed by atoms with E-state index >= 15 is 0 Å². The van der Waals surface area contributed by atoms with Crippen LogP contribution in [0.2, 0.25) is 0 Å². The van der Waals surface area contributed by atoms with E-state index in [9.17, 15) is 9.59 Å². The quantitative estimate of drug-likeness (QED) is 0.716. The lowest BCUT2D eigenvalue weighted by Crippen LogP contribution is -3.14. The largest absolute Gasteiger partial charge is 0.328 e. The van der Waals surface area contributed by atoms with Gasteiger partial charge in [-0.05, 0) is 63.2 Å². The van der Waals surface area contributed by atoms with Crippen molar-refractivity contribution in [2.75, 3.05) is 19.6 Å². The van der Waals surface area contributed by atoms with E-state index in [0.29, 0.717) is 29.9 Å². The fourth-order valence-electron chi connectivity index (χ4n) is 7.18. The van der Waals surface area contributed by atoms with Crippen LogP contribution in [-0.2, 0) is 9.59 Å². The van der Waals surface area contributed by atoms with Crippen LogP contribution in [0.5, 0.6) is 0 Å². The van der Waals surface area contributed by atoms with Crippen molar-refractivity contribution in [3.8, 4) is 0 Å². The lowest BCUT2D eigenvalue weighted by molar-refractivity contribution is -0.899. The number of Topliss-reactive ketones (excluding diaryl/α,β-unsaturated/α-hetero) is 2. The number of nitrogens with one attached hydrogen (secondary N) is 1. The molecule has 4 fully saturated rings. The third-order valence-corrected chi connectivity index (χ3v) is 9.00. The Morgan fingerprint density at radius 3 is 1.86 bits per heavy atom. The zero-order valence-corrected chi connectivity index (χ0v) is 18.6. The molecule has 4 rings (SSSR count). The molecule has 1 saturated heterocycles. The Morgan fingerprint density at radius 2 is 1.17 bits per heavy atom. The molecule has 29 heavy (non-hydrogen) atoms. The maximum absolute atomic E-state index is 13.0. The minimum Gasteiger partial charge on any atom is -0.328 e. The molecule has 0 aromatic rings. The van der Waals surface area contributed by atoms with Crippen LogP contribution in [0.25, 0.3) is 0 Å². The van der Waals surface area contributed by atoms with Gasteiger partial charge < -0.3 is 4.90 Å². The van der Waals surface area contributed by atoms with E-state index < -0.39 is 0 Å².